The van der Waals surface area contributed by atoms with Gasteiger partial charge >= 0.3 is 5.97 Å². The van der Waals surface area contributed by atoms with Crippen LogP contribution in [0.3, 0.4) is 0 Å². The molecule has 0 saturated heterocycles. The molecular formula is C13H11N3O3. The van der Waals surface area contributed by atoms with Crippen molar-refractivity contribution in [1.82, 2.24) is 9.55 Å². The van der Waals surface area contributed by atoms with E-state index in [1.54, 1.807) is 35.4 Å². The molecule has 0 spiro atoms. The third-order valence-electron chi connectivity index (χ3n) is 2.32. The van der Waals surface area contributed by atoms with Crippen LogP contribution in [0, 0.1) is 0 Å². The normalized spacial score (nSPS) is 10.5. The fourth-order valence-electron chi connectivity index (χ4n) is 1.53. The fraction of sp³-hybridized carbons (Fsp3) is 0. The van der Waals surface area contributed by atoms with Crippen LogP contribution in [-0.2, 0) is 9.59 Å². The molecule has 96 valence electrons. The van der Waals surface area contributed by atoms with Crippen LogP contribution in [0.15, 0.2) is 55.1 Å². The lowest BCUT2D eigenvalue weighted by Crippen LogP contribution is -2.11. The number of nitrogens with one attached hydrogen (secondary N) is 1. The zero-order valence-corrected chi connectivity index (χ0v) is 9.85. The van der Waals surface area contributed by atoms with E-state index in [2.05, 4.69) is 10.3 Å². The summed E-state index contributed by atoms with van der Waals surface area (Å²) in [6.07, 6.45) is 6.74. The highest BCUT2D eigenvalue weighted by Gasteiger charge is 2.05. The number of aromatic nitrogens is 2. The highest BCUT2D eigenvalue weighted by atomic mass is 16.4. The lowest BCUT2D eigenvalue weighted by Gasteiger charge is -2.09. The molecule has 19 heavy (non-hydrogen) atoms. The Kier molecular flexibility index (Phi) is 3.72. The number of aliphatic carboxylic acids is 1. The van der Waals surface area contributed by atoms with E-state index in [0.29, 0.717) is 5.69 Å². The minimum absolute atomic E-state index is 0.505. The molecule has 0 aliphatic rings. The van der Waals surface area contributed by atoms with Crippen LogP contribution in [-0.4, -0.2) is 26.5 Å². The quantitative estimate of drug-likeness (QED) is 0.812. The molecule has 6 nitrogen and oxygen atoms in total. The molecule has 1 aromatic carbocycles. The van der Waals surface area contributed by atoms with Crippen LogP contribution < -0.4 is 5.32 Å². The maximum atomic E-state index is 11.6. The van der Waals surface area contributed by atoms with Crippen molar-refractivity contribution in [2.45, 2.75) is 0 Å². The predicted octanol–water partition coefficient (Wildman–Crippen LogP) is 1.45. The van der Waals surface area contributed by atoms with E-state index in [4.69, 9.17) is 5.11 Å². The molecule has 0 bridgehead atoms. The molecule has 2 aromatic rings. The van der Waals surface area contributed by atoms with Gasteiger partial charge < -0.3 is 15.0 Å². The van der Waals surface area contributed by atoms with E-state index in [-0.39, 0.29) is 0 Å². The number of hydrogen-bond donors (Lipinski definition) is 2. The molecule has 0 unspecified atom stereocenters. The molecule has 0 fully saturated rings. The minimum atomic E-state index is -1.17. The monoisotopic (exact) mass is 257 g/mol. The van der Waals surface area contributed by atoms with Gasteiger partial charge in [-0.05, 0) is 12.1 Å². The van der Waals surface area contributed by atoms with Gasteiger partial charge in [-0.3, -0.25) is 4.79 Å². The first-order valence-electron chi connectivity index (χ1n) is 5.46. The third-order valence-corrected chi connectivity index (χ3v) is 2.32. The van der Waals surface area contributed by atoms with Gasteiger partial charge in [0.05, 0.1) is 17.7 Å². The SMILES string of the molecule is O=C(O)/C=C/C(=O)Nc1ccccc1-n1ccnc1. The number of rotatable bonds is 4. The molecule has 0 saturated carbocycles. The maximum absolute atomic E-state index is 11.6. The first-order chi connectivity index (χ1) is 9.16. The van der Waals surface area contributed by atoms with Crippen LogP contribution in [0.5, 0.6) is 0 Å². The van der Waals surface area contributed by atoms with Crippen molar-refractivity contribution in [2.24, 2.45) is 0 Å². The molecular weight excluding hydrogens is 246 g/mol. The Balaban J connectivity index is 2.22. The summed E-state index contributed by atoms with van der Waals surface area (Å²) in [7, 11) is 0. The lowest BCUT2D eigenvalue weighted by molar-refractivity contribution is -0.131. The molecule has 0 atom stereocenters. The van der Waals surface area contributed by atoms with Gasteiger partial charge in [0.2, 0.25) is 5.91 Å². The number of para-hydroxylation sites is 2. The number of carboxylic acid groups (broad SMARTS) is 1. The van der Waals surface area contributed by atoms with Crippen LogP contribution in [0.25, 0.3) is 5.69 Å². The first-order valence-corrected chi connectivity index (χ1v) is 5.46. The van der Waals surface area contributed by atoms with Crippen LogP contribution >= 0.6 is 0 Å². The average Bonchev–Trinajstić information content (AvgIpc) is 2.91. The number of hydrogen-bond acceptors (Lipinski definition) is 3. The van der Waals surface area contributed by atoms with E-state index in [9.17, 15) is 9.59 Å². The van der Waals surface area contributed by atoms with Gasteiger partial charge in [-0.15, -0.1) is 0 Å². The summed E-state index contributed by atoms with van der Waals surface area (Å²) < 4.78 is 1.75. The molecule has 1 aromatic heterocycles. The largest absolute Gasteiger partial charge is 0.478 e. The molecule has 0 radical (unpaired) electrons. The number of imidazole rings is 1. The molecule has 6 heteroatoms. The van der Waals surface area contributed by atoms with E-state index in [1.165, 1.54) is 0 Å². The van der Waals surface area contributed by atoms with E-state index in [0.717, 1.165) is 17.8 Å². The Labute approximate surface area is 109 Å². The van der Waals surface area contributed by atoms with Crippen molar-refractivity contribution < 1.29 is 14.7 Å². The number of carbonyl (C=O) groups is 2. The van der Waals surface area contributed by atoms with Crippen molar-refractivity contribution >= 4 is 17.6 Å². The fourth-order valence-corrected chi connectivity index (χ4v) is 1.53. The van der Waals surface area contributed by atoms with Crippen molar-refractivity contribution in [3.05, 3.63) is 55.1 Å². The standard InChI is InChI=1S/C13H11N3O3/c17-12(5-6-13(18)19)15-10-3-1-2-4-11(10)16-8-7-14-9-16/h1-9H,(H,15,17)(H,18,19)/b6-5+. The summed E-state index contributed by atoms with van der Waals surface area (Å²) in [5, 5.41) is 11.1. The van der Waals surface area contributed by atoms with Gasteiger partial charge in [-0.1, -0.05) is 12.1 Å². The molecule has 0 aliphatic heterocycles. The van der Waals surface area contributed by atoms with Gasteiger partial charge in [0.25, 0.3) is 0 Å². The Morgan fingerprint density at radius 3 is 2.74 bits per heavy atom. The van der Waals surface area contributed by atoms with Gasteiger partial charge in [-0.2, -0.15) is 0 Å². The van der Waals surface area contributed by atoms with E-state index >= 15 is 0 Å². The number of amides is 1. The summed E-state index contributed by atoms with van der Waals surface area (Å²) in [4.78, 5) is 25.8. The van der Waals surface area contributed by atoms with E-state index in [1.807, 2.05) is 12.1 Å². The highest BCUT2D eigenvalue weighted by Crippen LogP contribution is 2.19. The second-order valence-electron chi connectivity index (χ2n) is 3.65. The number of nitrogens with zero attached hydrogens (tertiary/aromatic N) is 2. The highest BCUT2D eigenvalue weighted by molar-refractivity contribution is 6.03. The van der Waals surface area contributed by atoms with Crippen molar-refractivity contribution in [1.29, 1.82) is 0 Å². The molecule has 2 N–H and O–H groups in total. The van der Waals surface area contributed by atoms with Crippen LogP contribution in [0.2, 0.25) is 0 Å². The molecule has 1 amide bonds. The topological polar surface area (TPSA) is 84.2 Å². The maximum Gasteiger partial charge on any atom is 0.328 e. The zero-order chi connectivity index (χ0) is 13.7. The van der Waals surface area contributed by atoms with Gasteiger partial charge in [-0.25, -0.2) is 9.78 Å². The van der Waals surface area contributed by atoms with Crippen LogP contribution in [0.4, 0.5) is 5.69 Å². The number of anilines is 1. The molecule has 1 heterocycles. The predicted molar refractivity (Wildman–Crippen MR) is 69.0 cm³/mol. The van der Waals surface area contributed by atoms with Crippen molar-refractivity contribution in [3.8, 4) is 5.69 Å². The summed E-state index contributed by atoms with van der Waals surface area (Å²) in [5.74, 6) is -1.67. The van der Waals surface area contributed by atoms with Gasteiger partial charge in [0.15, 0.2) is 0 Å². The lowest BCUT2D eigenvalue weighted by atomic mass is 10.2. The first kappa shape index (κ1) is 12.6. The Morgan fingerprint density at radius 2 is 2.05 bits per heavy atom. The Bertz CT molecular complexity index is 618. The average molecular weight is 257 g/mol. The Morgan fingerprint density at radius 1 is 1.26 bits per heavy atom. The van der Waals surface area contributed by atoms with Crippen molar-refractivity contribution in [2.75, 3.05) is 5.32 Å². The molecule has 2 rings (SSSR count). The summed E-state index contributed by atoms with van der Waals surface area (Å²) >= 11 is 0. The number of carboxylic acids is 1. The number of benzene rings is 1. The van der Waals surface area contributed by atoms with E-state index < -0.39 is 11.9 Å². The summed E-state index contributed by atoms with van der Waals surface area (Å²) in [6, 6.07) is 7.15. The minimum Gasteiger partial charge on any atom is -0.478 e. The van der Waals surface area contributed by atoms with Crippen molar-refractivity contribution in [3.63, 3.8) is 0 Å². The number of carbonyl (C=O) groups excluding carboxylic acids is 1. The van der Waals surface area contributed by atoms with Crippen LogP contribution in [0.1, 0.15) is 0 Å². The zero-order valence-electron chi connectivity index (χ0n) is 9.85. The summed E-state index contributed by atoms with van der Waals surface area (Å²) in [6.45, 7) is 0. The summed E-state index contributed by atoms with van der Waals surface area (Å²) in [5.41, 5.74) is 1.32. The molecule has 0 aliphatic carbocycles. The second kappa shape index (κ2) is 5.63. The second-order valence-corrected chi connectivity index (χ2v) is 3.65. The third kappa shape index (κ3) is 3.29. The van der Waals surface area contributed by atoms with Gasteiger partial charge in [0, 0.05) is 24.5 Å². The smallest absolute Gasteiger partial charge is 0.328 e. The van der Waals surface area contributed by atoms with Gasteiger partial charge in [0.1, 0.15) is 0 Å². The Hall–Kier alpha value is -2.89.